The van der Waals surface area contributed by atoms with E-state index < -0.39 is 5.91 Å². The number of halogens is 2. The molecule has 0 aliphatic carbocycles. The van der Waals surface area contributed by atoms with Gasteiger partial charge < -0.3 is 0 Å². The van der Waals surface area contributed by atoms with Gasteiger partial charge >= 0.3 is 0 Å². The van der Waals surface area contributed by atoms with Crippen LogP contribution >= 0.6 is 23.2 Å². The van der Waals surface area contributed by atoms with Crippen molar-refractivity contribution in [2.75, 3.05) is 0 Å². The molecule has 0 unspecified atom stereocenters. The smallest absolute Gasteiger partial charge is 0.265 e. The minimum Gasteiger partial charge on any atom is -0.290 e. The lowest BCUT2D eigenvalue weighted by Crippen LogP contribution is -2.30. The molecule has 22 heavy (non-hydrogen) atoms. The van der Waals surface area contributed by atoms with Gasteiger partial charge in [-0.3, -0.25) is 10.2 Å². The molecule has 0 saturated carbocycles. The molecule has 0 bridgehead atoms. The Morgan fingerprint density at radius 2 is 1.68 bits per heavy atom. The molecule has 4 nitrogen and oxygen atoms in total. The molecule has 3 aromatic rings. The number of benzene rings is 2. The van der Waals surface area contributed by atoms with Crippen LogP contribution in [-0.4, -0.2) is 10.9 Å². The van der Waals surface area contributed by atoms with Gasteiger partial charge in [0.1, 0.15) is 0 Å². The normalized spacial score (nSPS) is 10.7. The summed E-state index contributed by atoms with van der Waals surface area (Å²) in [7, 11) is 0. The largest absolute Gasteiger partial charge is 0.290 e. The summed E-state index contributed by atoms with van der Waals surface area (Å²) in [4.78, 5) is 16.6. The number of hydrogen-bond donors (Lipinski definition) is 2. The minimum atomic E-state index is -0.398. The number of amides is 1. The first kappa shape index (κ1) is 14.8. The van der Waals surface area contributed by atoms with Gasteiger partial charge in [-0.15, -0.1) is 0 Å². The molecule has 1 aromatic heterocycles. The summed E-state index contributed by atoms with van der Waals surface area (Å²) >= 11 is 11.9. The zero-order valence-electron chi connectivity index (χ0n) is 11.3. The monoisotopic (exact) mass is 331 g/mol. The zero-order chi connectivity index (χ0) is 15.7. The molecule has 1 heterocycles. The van der Waals surface area contributed by atoms with Crippen LogP contribution in [0.5, 0.6) is 0 Å². The second kappa shape index (κ2) is 5.93. The van der Waals surface area contributed by atoms with Crippen LogP contribution in [0.3, 0.4) is 0 Å². The highest BCUT2D eigenvalue weighted by molar-refractivity contribution is 6.31. The third-order valence-electron chi connectivity index (χ3n) is 3.29. The Morgan fingerprint density at radius 1 is 1.00 bits per heavy atom. The van der Waals surface area contributed by atoms with Gasteiger partial charge in [0.2, 0.25) is 0 Å². The Hall–Kier alpha value is -2.14. The molecular formula is C16H11Cl2N3O. The van der Waals surface area contributed by atoms with Gasteiger partial charge in [-0.25, -0.2) is 10.8 Å². The lowest BCUT2D eigenvalue weighted by Gasteiger charge is -2.09. The van der Waals surface area contributed by atoms with Crippen LogP contribution in [0.15, 0.2) is 48.5 Å². The Bertz CT molecular complexity index is 863. The van der Waals surface area contributed by atoms with Gasteiger partial charge in [0.05, 0.1) is 16.8 Å². The van der Waals surface area contributed by atoms with Crippen molar-refractivity contribution in [3.8, 4) is 11.3 Å². The SMILES string of the molecule is NNC(=O)c1cc(-c2ccc(Cl)cc2)nc2ccc(Cl)cc12. The fourth-order valence-electron chi connectivity index (χ4n) is 2.23. The number of aromatic nitrogens is 1. The predicted molar refractivity (Wildman–Crippen MR) is 88.9 cm³/mol. The van der Waals surface area contributed by atoms with E-state index in [0.717, 1.165) is 5.56 Å². The van der Waals surface area contributed by atoms with E-state index in [1.54, 1.807) is 36.4 Å². The van der Waals surface area contributed by atoms with Gasteiger partial charge in [0.25, 0.3) is 5.91 Å². The highest BCUT2D eigenvalue weighted by atomic mass is 35.5. The molecule has 1 amide bonds. The molecule has 0 radical (unpaired) electrons. The minimum absolute atomic E-state index is 0.398. The summed E-state index contributed by atoms with van der Waals surface area (Å²) in [6.07, 6.45) is 0. The maximum absolute atomic E-state index is 12.0. The van der Waals surface area contributed by atoms with Crippen molar-refractivity contribution in [1.29, 1.82) is 0 Å². The molecule has 3 rings (SSSR count). The molecule has 0 spiro atoms. The molecule has 0 aliphatic rings. The Labute approximate surface area is 136 Å². The summed E-state index contributed by atoms with van der Waals surface area (Å²) in [5.41, 5.74) is 4.74. The number of nitrogens with one attached hydrogen (secondary N) is 1. The molecule has 110 valence electrons. The van der Waals surface area contributed by atoms with E-state index in [1.165, 1.54) is 0 Å². The molecular weight excluding hydrogens is 321 g/mol. The second-order valence-corrected chi connectivity index (χ2v) is 5.57. The Kier molecular flexibility index (Phi) is 3.98. The van der Waals surface area contributed by atoms with Crippen molar-refractivity contribution in [2.24, 2.45) is 5.84 Å². The van der Waals surface area contributed by atoms with Crippen LogP contribution in [0.25, 0.3) is 22.2 Å². The van der Waals surface area contributed by atoms with Crippen molar-refractivity contribution in [3.63, 3.8) is 0 Å². The molecule has 0 saturated heterocycles. The van der Waals surface area contributed by atoms with E-state index in [1.807, 2.05) is 12.1 Å². The van der Waals surface area contributed by atoms with Crippen molar-refractivity contribution < 1.29 is 4.79 Å². The Morgan fingerprint density at radius 3 is 2.36 bits per heavy atom. The number of nitrogens with zero attached hydrogens (tertiary/aromatic N) is 1. The summed E-state index contributed by atoms with van der Waals surface area (Å²) in [6, 6.07) is 14.1. The molecule has 0 fully saturated rings. The van der Waals surface area contributed by atoms with E-state index >= 15 is 0 Å². The summed E-state index contributed by atoms with van der Waals surface area (Å²) < 4.78 is 0. The summed E-state index contributed by atoms with van der Waals surface area (Å²) in [5, 5.41) is 1.81. The van der Waals surface area contributed by atoms with Crippen LogP contribution < -0.4 is 11.3 Å². The van der Waals surface area contributed by atoms with E-state index in [4.69, 9.17) is 29.0 Å². The predicted octanol–water partition coefficient (Wildman–Crippen LogP) is 3.81. The third kappa shape index (κ3) is 2.76. The Balaban J connectivity index is 2.26. The van der Waals surface area contributed by atoms with Crippen LogP contribution in [0.4, 0.5) is 0 Å². The number of fused-ring (bicyclic) bond motifs is 1. The van der Waals surface area contributed by atoms with Crippen molar-refractivity contribution in [3.05, 3.63) is 64.1 Å². The van der Waals surface area contributed by atoms with Crippen LogP contribution in [0.2, 0.25) is 10.0 Å². The summed E-state index contributed by atoms with van der Waals surface area (Å²) in [6.45, 7) is 0. The number of rotatable bonds is 2. The number of nitrogen functional groups attached to an aromatic ring is 1. The van der Waals surface area contributed by atoms with Gasteiger partial charge in [0, 0.05) is 21.0 Å². The molecule has 6 heteroatoms. The standard InChI is InChI=1S/C16H11Cl2N3O/c17-10-3-1-9(2-4-10)15-8-13(16(22)21-19)12-7-11(18)5-6-14(12)20-15/h1-8H,19H2,(H,21,22). The molecule has 3 N–H and O–H groups in total. The number of carbonyl (C=O) groups is 1. The number of hydrazine groups is 1. The van der Waals surface area contributed by atoms with E-state index in [2.05, 4.69) is 10.4 Å². The number of nitrogens with two attached hydrogens (primary N) is 1. The fraction of sp³-hybridized carbons (Fsp3) is 0. The van der Waals surface area contributed by atoms with Crippen LogP contribution in [-0.2, 0) is 0 Å². The van der Waals surface area contributed by atoms with Crippen molar-refractivity contribution >= 4 is 40.0 Å². The second-order valence-electron chi connectivity index (χ2n) is 4.70. The maximum Gasteiger partial charge on any atom is 0.265 e. The van der Waals surface area contributed by atoms with Crippen LogP contribution in [0, 0.1) is 0 Å². The fourth-order valence-corrected chi connectivity index (χ4v) is 2.53. The molecule has 2 aromatic carbocycles. The quantitative estimate of drug-likeness (QED) is 0.426. The molecule has 0 aliphatic heterocycles. The lowest BCUT2D eigenvalue weighted by molar-refractivity contribution is 0.0955. The van der Waals surface area contributed by atoms with Gasteiger partial charge in [-0.1, -0.05) is 35.3 Å². The maximum atomic E-state index is 12.0. The third-order valence-corrected chi connectivity index (χ3v) is 3.77. The van der Waals surface area contributed by atoms with Crippen LogP contribution in [0.1, 0.15) is 10.4 Å². The topological polar surface area (TPSA) is 68.0 Å². The van der Waals surface area contributed by atoms with Gasteiger partial charge in [0.15, 0.2) is 0 Å². The first-order valence-corrected chi connectivity index (χ1v) is 7.21. The van der Waals surface area contributed by atoms with Gasteiger partial charge in [-0.05, 0) is 36.4 Å². The first-order chi connectivity index (χ1) is 10.6. The first-order valence-electron chi connectivity index (χ1n) is 6.45. The average molecular weight is 332 g/mol. The van der Waals surface area contributed by atoms with Gasteiger partial charge in [-0.2, -0.15) is 0 Å². The van der Waals surface area contributed by atoms with E-state index in [9.17, 15) is 4.79 Å². The van der Waals surface area contributed by atoms with Crippen molar-refractivity contribution in [1.82, 2.24) is 10.4 Å². The number of pyridine rings is 1. The van der Waals surface area contributed by atoms with E-state index in [0.29, 0.717) is 32.2 Å². The number of carbonyl (C=O) groups excluding carboxylic acids is 1. The highest BCUT2D eigenvalue weighted by Gasteiger charge is 2.13. The average Bonchev–Trinajstić information content (AvgIpc) is 2.54. The highest BCUT2D eigenvalue weighted by Crippen LogP contribution is 2.27. The summed E-state index contributed by atoms with van der Waals surface area (Å²) in [5.74, 6) is 4.87. The lowest BCUT2D eigenvalue weighted by atomic mass is 10.0. The van der Waals surface area contributed by atoms with E-state index in [-0.39, 0.29) is 0 Å². The zero-order valence-corrected chi connectivity index (χ0v) is 12.8. The van der Waals surface area contributed by atoms with Crippen molar-refractivity contribution in [2.45, 2.75) is 0 Å². The number of hydrogen-bond acceptors (Lipinski definition) is 3. The molecule has 0 atom stereocenters.